The van der Waals surface area contributed by atoms with Gasteiger partial charge in [0, 0.05) is 18.8 Å². The third kappa shape index (κ3) is 6.15. The minimum Gasteiger partial charge on any atom is -0.376 e. The largest absolute Gasteiger partial charge is 0.376 e. The van der Waals surface area contributed by atoms with Crippen LogP contribution in [-0.2, 0) is 14.3 Å². The van der Waals surface area contributed by atoms with Gasteiger partial charge >= 0.3 is 0 Å². The number of benzene rings is 1. The number of ether oxygens (including phenoxy) is 1. The van der Waals surface area contributed by atoms with Crippen LogP contribution in [0.25, 0.3) is 0 Å². The van der Waals surface area contributed by atoms with Gasteiger partial charge in [0.25, 0.3) is 0 Å². The number of rotatable bonds is 7. The number of anilines is 1. The standard InChI is InChI=1S/C17H23Cl2N3O3/c1-11(17(24)20-9-13-4-3-7-25-13)22(2)10-16(23)21-12-5-6-14(18)15(19)8-12/h5-6,8,11,13H,3-4,7,9-10H2,1-2H3,(H,20,24)(H,21,23). The Morgan fingerprint density at radius 3 is 2.76 bits per heavy atom. The third-order valence-corrected chi connectivity index (χ3v) is 4.90. The molecule has 0 radical (unpaired) electrons. The first-order valence-corrected chi connectivity index (χ1v) is 8.97. The van der Waals surface area contributed by atoms with E-state index in [4.69, 9.17) is 27.9 Å². The highest BCUT2D eigenvalue weighted by Gasteiger charge is 2.22. The number of halogens is 2. The van der Waals surface area contributed by atoms with Crippen LogP contribution in [0.1, 0.15) is 19.8 Å². The summed E-state index contributed by atoms with van der Waals surface area (Å²) in [5, 5.41) is 6.40. The van der Waals surface area contributed by atoms with E-state index in [-0.39, 0.29) is 24.5 Å². The number of amides is 2. The van der Waals surface area contributed by atoms with Crippen LogP contribution in [0.4, 0.5) is 5.69 Å². The van der Waals surface area contributed by atoms with Gasteiger partial charge in [-0.3, -0.25) is 14.5 Å². The SMILES string of the molecule is CC(C(=O)NCC1CCCO1)N(C)CC(=O)Nc1ccc(Cl)c(Cl)c1. The zero-order valence-corrected chi connectivity index (χ0v) is 15.9. The van der Waals surface area contributed by atoms with Crippen LogP contribution >= 0.6 is 23.2 Å². The Kier molecular flexibility index (Phi) is 7.50. The topological polar surface area (TPSA) is 70.7 Å². The summed E-state index contributed by atoms with van der Waals surface area (Å²) in [4.78, 5) is 26.0. The number of carbonyl (C=O) groups is 2. The summed E-state index contributed by atoms with van der Waals surface area (Å²) >= 11 is 11.8. The molecule has 2 amide bonds. The van der Waals surface area contributed by atoms with Gasteiger partial charge in [0.15, 0.2) is 0 Å². The van der Waals surface area contributed by atoms with E-state index in [9.17, 15) is 9.59 Å². The van der Waals surface area contributed by atoms with Crippen molar-refractivity contribution in [3.05, 3.63) is 28.2 Å². The Bertz CT molecular complexity index is 621. The fourth-order valence-corrected chi connectivity index (χ4v) is 2.80. The maximum Gasteiger partial charge on any atom is 0.238 e. The normalized spacial score (nSPS) is 18.2. The van der Waals surface area contributed by atoms with Crippen molar-refractivity contribution < 1.29 is 14.3 Å². The lowest BCUT2D eigenvalue weighted by atomic mass is 10.2. The Hall–Kier alpha value is -1.34. The van der Waals surface area contributed by atoms with Crippen LogP contribution in [-0.4, -0.2) is 55.6 Å². The van der Waals surface area contributed by atoms with Crippen molar-refractivity contribution in [1.29, 1.82) is 0 Å². The smallest absolute Gasteiger partial charge is 0.238 e. The van der Waals surface area contributed by atoms with E-state index >= 15 is 0 Å². The Morgan fingerprint density at radius 1 is 1.36 bits per heavy atom. The summed E-state index contributed by atoms with van der Waals surface area (Å²) in [6, 6.07) is 4.44. The first-order valence-electron chi connectivity index (χ1n) is 8.21. The molecule has 1 aromatic rings. The molecule has 2 atom stereocenters. The summed E-state index contributed by atoms with van der Waals surface area (Å²) in [5.41, 5.74) is 0.559. The van der Waals surface area contributed by atoms with Crippen LogP contribution in [0, 0.1) is 0 Å². The van der Waals surface area contributed by atoms with Crippen molar-refractivity contribution in [3.63, 3.8) is 0 Å². The number of nitrogens with one attached hydrogen (secondary N) is 2. The maximum absolute atomic E-state index is 12.2. The first kappa shape index (κ1) is 20.0. The first-order chi connectivity index (χ1) is 11.9. The predicted octanol–water partition coefficient (Wildman–Crippen LogP) is 2.55. The Morgan fingerprint density at radius 2 is 2.12 bits per heavy atom. The van der Waals surface area contributed by atoms with Crippen LogP contribution in [0.5, 0.6) is 0 Å². The van der Waals surface area contributed by atoms with E-state index < -0.39 is 6.04 Å². The molecule has 1 fully saturated rings. The molecule has 25 heavy (non-hydrogen) atoms. The molecule has 1 aliphatic heterocycles. The number of hydrogen-bond acceptors (Lipinski definition) is 4. The molecule has 0 spiro atoms. The monoisotopic (exact) mass is 387 g/mol. The van der Waals surface area contributed by atoms with Crippen molar-refractivity contribution in [1.82, 2.24) is 10.2 Å². The quantitative estimate of drug-likeness (QED) is 0.753. The predicted molar refractivity (Wildman–Crippen MR) is 99.2 cm³/mol. The molecular weight excluding hydrogens is 365 g/mol. The van der Waals surface area contributed by atoms with Gasteiger partial charge in [-0.1, -0.05) is 23.2 Å². The van der Waals surface area contributed by atoms with E-state index in [2.05, 4.69) is 10.6 Å². The van der Waals surface area contributed by atoms with E-state index in [0.717, 1.165) is 19.4 Å². The molecule has 138 valence electrons. The number of hydrogen-bond donors (Lipinski definition) is 2. The lowest BCUT2D eigenvalue weighted by molar-refractivity contribution is -0.127. The van der Waals surface area contributed by atoms with E-state index in [1.807, 2.05) is 0 Å². The molecular formula is C17H23Cl2N3O3. The average Bonchev–Trinajstić information content (AvgIpc) is 3.08. The lowest BCUT2D eigenvalue weighted by Crippen LogP contribution is -2.47. The zero-order chi connectivity index (χ0) is 18.4. The summed E-state index contributed by atoms with van der Waals surface area (Å²) in [6.07, 6.45) is 2.10. The van der Waals surface area contributed by atoms with Crippen molar-refractivity contribution in [2.45, 2.75) is 31.9 Å². The van der Waals surface area contributed by atoms with Crippen molar-refractivity contribution in [2.24, 2.45) is 0 Å². The minimum absolute atomic E-state index is 0.0781. The van der Waals surface area contributed by atoms with Crippen molar-refractivity contribution >= 4 is 40.7 Å². The molecule has 2 rings (SSSR count). The van der Waals surface area contributed by atoms with Gasteiger partial charge in [-0.25, -0.2) is 0 Å². The van der Waals surface area contributed by atoms with Crippen molar-refractivity contribution in [2.75, 3.05) is 32.1 Å². The molecule has 0 bridgehead atoms. The van der Waals surface area contributed by atoms with Gasteiger partial charge in [0.1, 0.15) is 0 Å². The molecule has 0 aromatic heterocycles. The number of nitrogens with zero attached hydrogens (tertiary/aromatic N) is 1. The second kappa shape index (κ2) is 9.38. The molecule has 2 unspecified atom stereocenters. The van der Waals surface area contributed by atoms with Crippen LogP contribution in [0.2, 0.25) is 10.0 Å². The highest BCUT2D eigenvalue weighted by molar-refractivity contribution is 6.42. The molecule has 1 heterocycles. The molecule has 0 saturated carbocycles. The van der Waals surface area contributed by atoms with Gasteiger partial charge in [0.2, 0.25) is 11.8 Å². The summed E-state index contributed by atoms with van der Waals surface area (Å²) in [5.74, 6) is -0.361. The molecule has 0 aliphatic carbocycles. The van der Waals surface area contributed by atoms with Gasteiger partial charge in [-0.15, -0.1) is 0 Å². The summed E-state index contributed by atoms with van der Waals surface area (Å²) in [7, 11) is 1.73. The van der Waals surface area contributed by atoms with Gasteiger partial charge in [-0.2, -0.15) is 0 Å². The highest BCUT2D eigenvalue weighted by atomic mass is 35.5. The highest BCUT2D eigenvalue weighted by Crippen LogP contribution is 2.24. The molecule has 1 aromatic carbocycles. The summed E-state index contributed by atoms with van der Waals surface area (Å²) < 4.78 is 5.48. The average molecular weight is 388 g/mol. The molecule has 1 saturated heterocycles. The Balaban J connectivity index is 1.78. The molecule has 6 nitrogen and oxygen atoms in total. The minimum atomic E-state index is -0.430. The van der Waals surface area contributed by atoms with E-state index in [1.165, 1.54) is 0 Å². The van der Waals surface area contributed by atoms with Gasteiger partial charge in [-0.05, 0) is 45.0 Å². The maximum atomic E-state index is 12.2. The Labute approximate surface area is 157 Å². The fourth-order valence-electron chi connectivity index (χ4n) is 2.51. The summed E-state index contributed by atoms with van der Waals surface area (Å²) in [6.45, 7) is 3.10. The van der Waals surface area contributed by atoms with Crippen LogP contribution in [0.15, 0.2) is 18.2 Å². The van der Waals surface area contributed by atoms with E-state index in [1.54, 1.807) is 37.1 Å². The van der Waals surface area contributed by atoms with Crippen LogP contribution in [0.3, 0.4) is 0 Å². The molecule has 1 aliphatic rings. The van der Waals surface area contributed by atoms with Crippen LogP contribution < -0.4 is 10.6 Å². The molecule has 8 heteroatoms. The van der Waals surface area contributed by atoms with E-state index in [0.29, 0.717) is 22.3 Å². The second-order valence-corrected chi connectivity index (χ2v) is 6.96. The zero-order valence-electron chi connectivity index (χ0n) is 14.4. The number of likely N-dealkylation sites (N-methyl/N-ethyl adjacent to an activating group) is 1. The van der Waals surface area contributed by atoms with Gasteiger partial charge < -0.3 is 15.4 Å². The third-order valence-electron chi connectivity index (χ3n) is 4.16. The van der Waals surface area contributed by atoms with Crippen molar-refractivity contribution in [3.8, 4) is 0 Å². The lowest BCUT2D eigenvalue weighted by Gasteiger charge is -2.24. The number of carbonyl (C=O) groups excluding carboxylic acids is 2. The fraction of sp³-hybridized carbons (Fsp3) is 0.529. The second-order valence-electron chi connectivity index (χ2n) is 6.15. The van der Waals surface area contributed by atoms with Gasteiger partial charge in [0.05, 0.1) is 28.7 Å². The molecule has 2 N–H and O–H groups in total.